The molecule has 0 aromatic carbocycles. The van der Waals surface area contributed by atoms with Gasteiger partial charge in [0.1, 0.15) is 4.90 Å². The summed E-state index contributed by atoms with van der Waals surface area (Å²) >= 11 is 0.301. The van der Waals surface area contributed by atoms with E-state index < -0.39 is 31.2 Å². The summed E-state index contributed by atoms with van der Waals surface area (Å²) in [5.74, 6) is 0.00641. The third-order valence-electron chi connectivity index (χ3n) is 5.90. The van der Waals surface area contributed by atoms with Crippen molar-refractivity contribution in [1.29, 1.82) is 0 Å². The van der Waals surface area contributed by atoms with Gasteiger partial charge < -0.3 is 4.90 Å². The predicted octanol–water partition coefficient (Wildman–Crippen LogP) is 1.84. The molecule has 6 rings (SSSR count). The van der Waals surface area contributed by atoms with Crippen LogP contribution >= 0.6 is 11.3 Å². The van der Waals surface area contributed by atoms with Gasteiger partial charge in [0.2, 0.25) is 15.0 Å². The van der Waals surface area contributed by atoms with Gasteiger partial charge in [-0.1, -0.05) is 11.3 Å². The molecule has 0 spiro atoms. The minimum atomic E-state index is -4.68. The molecule has 196 valence electrons. The van der Waals surface area contributed by atoms with Crippen molar-refractivity contribution < 1.29 is 30.0 Å². The Kier molecular flexibility index (Phi) is 5.21. The molecule has 4 aromatic heterocycles. The molecule has 0 amide bonds. The van der Waals surface area contributed by atoms with E-state index in [1.54, 1.807) is 4.90 Å². The van der Waals surface area contributed by atoms with E-state index in [9.17, 15) is 30.0 Å². The topological polar surface area (TPSA) is 144 Å². The van der Waals surface area contributed by atoms with Gasteiger partial charge in [-0.3, -0.25) is 4.40 Å². The van der Waals surface area contributed by atoms with Crippen molar-refractivity contribution in [1.82, 2.24) is 33.5 Å². The molecular weight excluding hydrogens is 557 g/mol. The quantitative estimate of drug-likeness (QED) is 0.365. The highest BCUT2D eigenvalue weighted by molar-refractivity contribution is 7.89. The van der Waals surface area contributed by atoms with Gasteiger partial charge in [-0.05, 0) is 18.9 Å². The summed E-state index contributed by atoms with van der Waals surface area (Å²) in [7, 11) is -7.52. The number of nitrogens with one attached hydrogen (secondary N) is 1. The molecule has 1 N–H and O–H groups in total. The molecule has 0 atom stereocenters. The third-order valence-corrected chi connectivity index (χ3v) is 9.22. The molecule has 37 heavy (non-hydrogen) atoms. The zero-order valence-corrected chi connectivity index (χ0v) is 21.3. The largest absolute Gasteiger partial charge is 0.445 e. The maximum absolute atomic E-state index is 13.1. The molecule has 2 aliphatic rings. The lowest BCUT2D eigenvalue weighted by molar-refractivity contribution is -0.138. The van der Waals surface area contributed by atoms with Crippen LogP contribution in [0.1, 0.15) is 29.1 Å². The van der Waals surface area contributed by atoms with Crippen LogP contribution in [-0.4, -0.2) is 57.9 Å². The van der Waals surface area contributed by atoms with Gasteiger partial charge in [0.05, 0.1) is 35.9 Å². The first-order valence-corrected chi connectivity index (χ1v) is 14.9. The van der Waals surface area contributed by atoms with Crippen LogP contribution in [0.25, 0.3) is 16.3 Å². The van der Waals surface area contributed by atoms with Gasteiger partial charge in [-0.2, -0.15) is 22.4 Å². The number of alkyl halides is 3. The summed E-state index contributed by atoms with van der Waals surface area (Å²) in [6, 6.07) is 1.29. The number of fused-ring (bicyclic) bond motifs is 2. The van der Waals surface area contributed by atoms with E-state index in [1.807, 2.05) is 0 Å². The van der Waals surface area contributed by atoms with Crippen molar-refractivity contribution >= 4 is 42.6 Å². The average molecular weight is 575 g/mol. The van der Waals surface area contributed by atoms with E-state index in [1.165, 1.54) is 29.1 Å². The van der Waals surface area contributed by atoms with Crippen molar-refractivity contribution in [3.05, 3.63) is 40.9 Å². The highest BCUT2D eigenvalue weighted by Crippen LogP contribution is 2.38. The van der Waals surface area contributed by atoms with E-state index in [-0.39, 0.29) is 34.9 Å². The summed E-state index contributed by atoms with van der Waals surface area (Å²) in [5.41, 5.74) is 2.01. The first-order valence-electron chi connectivity index (χ1n) is 10.8. The number of anilines is 1. The van der Waals surface area contributed by atoms with Crippen LogP contribution in [0.2, 0.25) is 0 Å². The summed E-state index contributed by atoms with van der Waals surface area (Å²) in [6.07, 6.45) is 1.89. The van der Waals surface area contributed by atoms with Crippen LogP contribution in [0.5, 0.6) is 0 Å². The number of nitrogens with zero attached hydrogens (tertiary/aromatic N) is 7. The van der Waals surface area contributed by atoms with E-state index in [0.717, 1.165) is 10.3 Å². The van der Waals surface area contributed by atoms with E-state index >= 15 is 0 Å². The number of rotatable bonds is 6. The molecule has 0 saturated heterocycles. The van der Waals surface area contributed by atoms with Crippen molar-refractivity contribution in [2.24, 2.45) is 0 Å². The molecule has 0 unspecified atom stereocenters. The second kappa shape index (κ2) is 7.95. The molecule has 1 aliphatic heterocycles. The SMILES string of the molecule is CS(=O)(=O)n1cc2c(n1)CN(c1cc(S(=O)(=O)NC3CC3)cn3c(-c4nnc(C(F)(F)F)s4)ncc13)C2. The van der Waals surface area contributed by atoms with Gasteiger partial charge in [0.15, 0.2) is 10.8 Å². The Balaban J connectivity index is 1.46. The molecule has 1 fully saturated rings. The van der Waals surface area contributed by atoms with Gasteiger partial charge in [0, 0.05) is 30.5 Å². The Bertz CT molecular complexity index is 1750. The fourth-order valence-corrected chi connectivity index (χ4v) is 6.59. The number of hydrogen-bond acceptors (Lipinski definition) is 10. The number of sulfonamides is 1. The Morgan fingerprint density at radius 3 is 2.49 bits per heavy atom. The van der Waals surface area contributed by atoms with Crippen LogP contribution < -0.4 is 9.62 Å². The second-order valence-electron chi connectivity index (χ2n) is 8.80. The Labute approximate surface area is 211 Å². The van der Waals surface area contributed by atoms with Gasteiger partial charge in [0.25, 0.3) is 10.0 Å². The molecular formula is C19H17F3N8O4S3. The zero-order chi connectivity index (χ0) is 26.3. The number of pyridine rings is 1. The number of aromatic nitrogens is 6. The predicted molar refractivity (Wildman–Crippen MR) is 125 cm³/mol. The molecule has 1 saturated carbocycles. The van der Waals surface area contributed by atoms with Crippen LogP contribution in [-0.2, 0) is 39.3 Å². The second-order valence-corrected chi connectivity index (χ2v) is 13.3. The first kappa shape index (κ1) is 24.3. The third kappa shape index (κ3) is 4.36. The van der Waals surface area contributed by atoms with Crippen LogP contribution in [0.4, 0.5) is 18.9 Å². The molecule has 12 nitrogen and oxygen atoms in total. The highest BCUT2D eigenvalue weighted by Gasteiger charge is 2.37. The molecule has 0 bridgehead atoms. The Hall–Kier alpha value is -3.09. The van der Waals surface area contributed by atoms with Gasteiger partial charge in [-0.15, -0.1) is 10.2 Å². The van der Waals surface area contributed by atoms with Gasteiger partial charge >= 0.3 is 6.18 Å². The van der Waals surface area contributed by atoms with Crippen molar-refractivity contribution in [2.75, 3.05) is 11.2 Å². The van der Waals surface area contributed by atoms with Crippen LogP contribution in [0.15, 0.2) is 29.6 Å². The standard InChI is InChI=1S/C19H17F3N8O4S3/c1-36(31,32)30-7-10-6-28(9-13(10)26-30)14-4-12(37(33,34)27-11-2-3-11)8-29-15(14)5-23-16(29)17-24-25-18(35-17)19(20,21)22/h4-5,7-8,11,27H,2-3,6,9H2,1H3. The van der Waals surface area contributed by atoms with E-state index in [0.29, 0.717) is 46.6 Å². The normalized spacial score (nSPS) is 16.6. The maximum Gasteiger partial charge on any atom is 0.445 e. The number of halogens is 3. The van der Waals surface area contributed by atoms with Crippen molar-refractivity contribution in [3.63, 3.8) is 0 Å². The lowest BCUT2D eigenvalue weighted by atomic mass is 10.3. The highest BCUT2D eigenvalue weighted by atomic mass is 32.2. The minimum absolute atomic E-state index is 0.00641. The summed E-state index contributed by atoms with van der Waals surface area (Å²) in [4.78, 5) is 5.93. The fourth-order valence-electron chi connectivity index (χ4n) is 4.00. The molecule has 1 aliphatic carbocycles. The lowest BCUT2D eigenvalue weighted by Crippen LogP contribution is -2.26. The Morgan fingerprint density at radius 1 is 1.11 bits per heavy atom. The maximum atomic E-state index is 13.1. The minimum Gasteiger partial charge on any atom is -0.359 e. The van der Waals surface area contributed by atoms with Gasteiger partial charge in [-0.25, -0.2) is 26.5 Å². The molecule has 0 radical (unpaired) electrons. The molecule has 18 heteroatoms. The van der Waals surface area contributed by atoms with Crippen LogP contribution in [0, 0.1) is 0 Å². The smallest absolute Gasteiger partial charge is 0.359 e. The summed E-state index contributed by atoms with van der Waals surface area (Å²) in [6.45, 7) is 0.419. The van der Waals surface area contributed by atoms with E-state index in [2.05, 4.69) is 25.0 Å². The number of imidazole rings is 1. The molecule has 5 heterocycles. The van der Waals surface area contributed by atoms with E-state index in [4.69, 9.17) is 0 Å². The molecule has 4 aromatic rings. The fraction of sp³-hybridized carbons (Fsp3) is 0.368. The number of hydrogen-bond donors (Lipinski definition) is 1. The van der Waals surface area contributed by atoms with Crippen LogP contribution in [0.3, 0.4) is 0 Å². The van der Waals surface area contributed by atoms with Crippen molar-refractivity contribution in [3.8, 4) is 10.8 Å². The Morgan fingerprint density at radius 2 is 1.86 bits per heavy atom. The summed E-state index contributed by atoms with van der Waals surface area (Å²) < 4.78 is 94.1. The monoisotopic (exact) mass is 574 g/mol. The summed E-state index contributed by atoms with van der Waals surface area (Å²) in [5, 5.41) is 9.68. The van der Waals surface area contributed by atoms with Crippen molar-refractivity contribution in [2.45, 2.75) is 43.0 Å². The lowest BCUT2D eigenvalue weighted by Gasteiger charge is -2.20. The zero-order valence-electron chi connectivity index (χ0n) is 18.8. The average Bonchev–Trinajstić information content (AvgIpc) is 3.22. The first-order chi connectivity index (χ1) is 17.3.